The van der Waals surface area contributed by atoms with Gasteiger partial charge in [0.15, 0.2) is 0 Å². The summed E-state index contributed by atoms with van der Waals surface area (Å²) in [5.74, 6) is -1.23. The van der Waals surface area contributed by atoms with Crippen molar-refractivity contribution in [3.8, 4) is 0 Å². The van der Waals surface area contributed by atoms with Crippen LogP contribution >= 0.6 is 15.9 Å². The molecule has 0 aliphatic rings. The van der Waals surface area contributed by atoms with E-state index >= 15 is 0 Å². The summed E-state index contributed by atoms with van der Waals surface area (Å²) in [5, 5.41) is 13.2. The number of carbonyl (C=O) groups excluding carboxylic acids is 1. The number of rotatable bonds is 4. The number of halogens is 2. The van der Waals surface area contributed by atoms with Gasteiger partial charge in [-0.2, -0.15) is 0 Å². The Kier molecular flexibility index (Phi) is 4.64. The molecule has 108 valence electrons. The van der Waals surface area contributed by atoms with Crippen molar-refractivity contribution in [3.05, 3.63) is 74.0 Å². The SMILES string of the molecule is O=C(NCc1cccc([N+](=O)[O-])c1)c1c(F)cccc1Br. The van der Waals surface area contributed by atoms with Gasteiger partial charge in [-0.25, -0.2) is 4.39 Å². The highest BCUT2D eigenvalue weighted by Gasteiger charge is 2.15. The first kappa shape index (κ1) is 15.1. The average Bonchev–Trinajstić information content (AvgIpc) is 2.45. The number of nitro benzene ring substituents is 1. The summed E-state index contributed by atoms with van der Waals surface area (Å²) in [6.45, 7) is 0.0707. The molecule has 0 saturated heterocycles. The number of nitro groups is 1. The predicted octanol–water partition coefficient (Wildman–Crippen LogP) is 3.43. The molecule has 0 heterocycles. The van der Waals surface area contributed by atoms with Crippen molar-refractivity contribution in [1.82, 2.24) is 5.32 Å². The summed E-state index contributed by atoms with van der Waals surface area (Å²) in [6.07, 6.45) is 0. The summed E-state index contributed by atoms with van der Waals surface area (Å²) in [4.78, 5) is 22.1. The van der Waals surface area contributed by atoms with Crippen LogP contribution in [0.25, 0.3) is 0 Å². The van der Waals surface area contributed by atoms with Gasteiger partial charge < -0.3 is 5.32 Å². The Hall–Kier alpha value is -2.28. The topological polar surface area (TPSA) is 72.2 Å². The zero-order valence-electron chi connectivity index (χ0n) is 10.7. The Balaban J connectivity index is 2.11. The number of nitrogens with one attached hydrogen (secondary N) is 1. The minimum atomic E-state index is -0.638. The quantitative estimate of drug-likeness (QED) is 0.676. The number of carbonyl (C=O) groups is 1. The molecule has 0 fully saturated rings. The van der Waals surface area contributed by atoms with Crippen LogP contribution in [-0.2, 0) is 6.54 Å². The van der Waals surface area contributed by atoms with Crippen LogP contribution in [0.1, 0.15) is 15.9 Å². The van der Waals surface area contributed by atoms with E-state index in [9.17, 15) is 19.3 Å². The Morgan fingerprint density at radius 2 is 2.00 bits per heavy atom. The van der Waals surface area contributed by atoms with Crippen molar-refractivity contribution in [2.45, 2.75) is 6.54 Å². The van der Waals surface area contributed by atoms with Crippen LogP contribution in [0.15, 0.2) is 46.9 Å². The van der Waals surface area contributed by atoms with E-state index < -0.39 is 16.6 Å². The van der Waals surface area contributed by atoms with Gasteiger partial charge in [0.2, 0.25) is 0 Å². The molecule has 0 bridgehead atoms. The molecular weight excluding hydrogens is 343 g/mol. The van der Waals surface area contributed by atoms with Crippen molar-refractivity contribution >= 4 is 27.5 Å². The molecule has 0 radical (unpaired) electrons. The first-order chi connectivity index (χ1) is 9.99. The molecule has 0 atom stereocenters. The molecule has 1 N–H and O–H groups in total. The van der Waals surface area contributed by atoms with E-state index in [1.807, 2.05) is 0 Å². The highest BCUT2D eigenvalue weighted by molar-refractivity contribution is 9.10. The first-order valence-electron chi connectivity index (χ1n) is 5.94. The summed E-state index contributed by atoms with van der Waals surface area (Å²) in [7, 11) is 0. The maximum atomic E-state index is 13.6. The van der Waals surface area contributed by atoms with Gasteiger partial charge in [0, 0.05) is 23.2 Å². The van der Waals surface area contributed by atoms with Gasteiger partial charge in [-0.3, -0.25) is 14.9 Å². The third-order valence-electron chi connectivity index (χ3n) is 2.76. The van der Waals surface area contributed by atoms with Crippen LogP contribution in [0.4, 0.5) is 10.1 Å². The van der Waals surface area contributed by atoms with E-state index in [0.717, 1.165) is 0 Å². The highest BCUT2D eigenvalue weighted by atomic mass is 79.9. The van der Waals surface area contributed by atoms with E-state index in [4.69, 9.17) is 0 Å². The van der Waals surface area contributed by atoms with Gasteiger partial charge in [0.25, 0.3) is 11.6 Å². The van der Waals surface area contributed by atoms with Gasteiger partial charge in [0.05, 0.1) is 10.5 Å². The van der Waals surface area contributed by atoms with Gasteiger partial charge >= 0.3 is 0 Å². The third-order valence-corrected chi connectivity index (χ3v) is 3.43. The van der Waals surface area contributed by atoms with E-state index in [1.54, 1.807) is 12.1 Å². The Morgan fingerprint density at radius 1 is 1.29 bits per heavy atom. The fraction of sp³-hybridized carbons (Fsp3) is 0.0714. The molecule has 2 rings (SSSR count). The molecule has 2 aromatic rings. The van der Waals surface area contributed by atoms with Crippen molar-refractivity contribution in [3.63, 3.8) is 0 Å². The summed E-state index contributed by atoms with van der Waals surface area (Å²) >= 11 is 3.11. The monoisotopic (exact) mass is 352 g/mol. The lowest BCUT2D eigenvalue weighted by Gasteiger charge is -2.08. The van der Waals surface area contributed by atoms with Crippen LogP contribution in [0.2, 0.25) is 0 Å². The predicted molar refractivity (Wildman–Crippen MR) is 78.4 cm³/mol. The van der Waals surface area contributed by atoms with Crippen molar-refractivity contribution in [2.75, 3.05) is 0 Å². The summed E-state index contributed by atoms with van der Waals surface area (Å²) in [5.41, 5.74) is 0.404. The first-order valence-corrected chi connectivity index (χ1v) is 6.74. The maximum absolute atomic E-state index is 13.6. The number of hydrogen-bond acceptors (Lipinski definition) is 3. The fourth-order valence-corrected chi connectivity index (χ4v) is 2.29. The number of amides is 1. The molecular formula is C14H10BrFN2O3. The maximum Gasteiger partial charge on any atom is 0.269 e. The molecule has 5 nitrogen and oxygen atoms in total. The highest BCUT2D eigenvalue weighted by Crippen LogP contribution is 2.19. The van der Waals surface area contributed by atoms with Crippen molar-refractivity contribution < 1.29 is 14.1 Å². The Bertz CT molecular complexity index is 686. The zero-order chi connectivity index (χ0) is 15.4. The second-order valence-electron chi connectivity index (χ2n) is 4.21. The summed E-state index contributed by atoms with van der Waals surface area (Å²) in [6, 6.07) is 10.1. The van der Waals surface area contributed by atoms with Crippen LogP contribution in [-0.4, -0.2) is 10.8 Å². The molecule has 0 aliphatic heterocycles. The minimum Gasteiger partial charge on any atom is -0.348 e. The summed E-state index contributed by atoms with van der Waals surface area (Å²) < 4.78 is 14.0. The number of nitrogens with zero attached hydrogens (tertiary/aromatic N) is 1. The van der Waals surface area contributed by atoms with Gasteiger partial charge in [-0.15, -0.1) is 0 Å². The van der Waals surface area contributed by atoms with E-state index in [2.05, 4.69) is 21.2 Å². The lowest BCUT2D eigenvalue weighted by molar-refractivity contribution is -0.384. The van der Waals surface area contributed by atoms with E-state index in [1.165, 1.54) is 30.3 Å². The molecule has 21 heavy (non-hydrogen) atoms. The lowest BCUT2D eigenvalue weighted by atomic mass is 10.1. The van der Waals surface area contributed by atoms with Crippen LogP contribution < -0.4 is 5.32 Å². The van der Waals surface area contributed by atoms with E-state index in [0.29, 0.717) is 10.0 Å². The molecule has 0 spiro atoms. The lowest BCUT2D eigenvalue weighted by Crippen LogP contribution is -2.24. The van der Waals surface area contributed by atoms with Crippen molar-refractivity contribution in [2.24, 2.45) is 0 Å². The van der Waals surface area contributed by atoms with Gasteiger partial charge in [0.1, 0.15) is 5.82 Å². The Labute approximate surface area is 128 Å². The second-order valence-corrected chi connectivity index (χ2v) is 5.06. The largest absolute Gasteiger partial charge is 0.348 e. The fourth-order valence-electron chi connectivity index (χ4n) is 1.77. The molecule has 0 saturated carbocycles. The van der Waals surface area contributed by atoms with E-state index in [-0.39, 0.29) is 17.8 Å². The Morgan fingerprint density at radius 3 is 2.67 bits per heavy atom. The molecule has 7 heteroatoms. The second kappa shape index (κ2) is 6.45. The molecule has 0 aromatic heterocycles. The third kappa shape index (κ3) is 3.63. The minimum absolute atomic E-state index is 0.0613. The normalized spacial score (nSPS) is 10.2. The van der Waals surface area contributed by atoms with Crippen LogP contribution in [0.3, 0.4) is 0 Å². The zero-order valence-corrected chi connectivity index (χ0v) is 12.3. The number of hydrogen-bond donors (Lipinski definition) is 1. The molecule has 0 aliphatic carbocycles. The van der Waals surface area contributed by atoms with Crippen LogP contribution in [0, 0.1) is 15.9 Å². The number of non-ortho nitro benzene ring substituents is 1. The van der Waals surface area contributed by atoms with Gasteiger partial charge in [-0.1, -0.05) is 18.2 Å². The average molecular weight is 353 g/mol. The molecule has 0 unspecified atom stereocenters. The van der Waals surface area contributed by atoms with Crippen molar-refractivity contribution in [1.29, 1.82) is 0 Å². The molecule has 2 aromatic carbocycles. The van der Waals surface area contributed by atoms with Gasteiger partial charge in [-0.05, 0) is 33.6 Å². The van der Waals surface area contributed by atoms with Crippen LogP contribution in [0.5, 0.6) is 0 Å². The standard InChI is InChI=1S/C14H10BrFN2O3/c15-11-5-2-6-12(16)13(11)14(19)17-8-9-3-1-4-10(7-9)18(20)21/h1-7H,8H2,(H,17,19). The number of benzene rings is 2. The molecule has 1 amide bonds. The smallest absolute Gasteiger partial charge is 0.269 e.